The molecule has 0 saturated heterocycles. The summed E-state index contributed by atoms with van der Waals surface area (Å²) in [7, 11) is 0. The molecule has 24 heavy (non-hydrogen) atoms. The van der Waals surface area contributed by atoms with Crippen molar-refractivity contribution in [2.45, 2.75) is 38.5 Å². The number of ether oxygens (including phenoxy) is 2. The number of aliphatic hydroxyl groups excluding tert-OH is 1. The zero-order valence-corrected chi connectivity index (χ0v) is 14.3. The third-order valence-corrected chi connectivity index (χ3v) is 4.04. The molecule has 2 N–H and O–H groups in total. The van der Waals surface area contributed by atoms with Crippen molar-refractivity contribution < 1.29 is 14.6 Å². The van der Waals surface area contributed by atoms with Crippen molar-refractivity contribution in [3.05, 3.63) is 59.7 Å². The molecule has 2 aromatic carbocycles. The van der Waals surface area contributed by atoms with Crippen LogP contribution in [0.3, 0.4) is 0 Å². The molecule has 0 saturated carbocycles. The van der Waals surface area contributed by atoms with Gasteiger partial charge in [0, 0.05) is 25.1 Å². The molecule has 0 radical (unpaired) electrons. The van der Waals surface area contributed by atoms with E-state index in [-0.39, 0.29) is 12.2 Å². The van der Waals surface area contributed by atoms with Crippen LogP contribution in [0.5, 0.6) is 11.5 Å². The Kier molecular flexibility index (Phi) is 5.07. The van der Waals surface area contributed by atoms with Crippen LogP contribution in [0.25, 0.3) is 0 Å². The molecular formula is C20H25NO3. The van der Waals surface area contributed by atoms with Gasteiger partial charge in [-0.3, -0.25) is 0 Å². The number of fused-ring (bicyclic) bond motifs is 1. The van der Waals surface area contributed by atoms with Crippen LogP contribution in [-0.4, -0.2) is 30.0 Å². The Hall–Kier alpha value is -2.04. The highest BCUT2D eigenvalue weighted by Crippen LogP contribution is 2.41. The second-order valence-corrected chi connectivity index (χ2v) is 6.86. The van der Waals surface area contributed by atoms with Crippen LogP contribution in [0.2, 0.25) is 0 Å². The Labute approximate surface area is 143 Å². The SMILES string of the molecule is CC1(C)Cc2cccc(OC[C@@H](O)CNCc3ccccc3)c2O1. The van der Waals surface area contributed by atoms with Gasteiger partial charge in [0.05, 0.1) is 0 Å². The van der Waals surface area contributed by atoms with E-state index in [1.807, 2.05) is 30.3 Å². The Balaban J connectivity index is 1.47. The minimum atomic E-state index is -0.570. The predicted molar refractivity (Wildman–Crippen MR) is 94.5 cm³/mol. The molecule has 0 bridgehead atoms. The molecular weight excluding hydrogens is 302 g/mol. The summed E-state index contributed by atoms with van der Waals surface area (Å²) in [5, 5.41) is 13.4. The summed E-state index contributed by atoms with van der Waals surface area (Å²) in [6.45, 7) is 5.59. The molecule has 1 aliphatic heterocycles. The fourth-order valence-corrected chi connectivity index (χ4v) is 2.92. The van der Waals surface area contributed by atoms with Gasteiger partial charge in [-0.1, -0.05) is 42.5 Å². The molecule has 0 spiro atoms. The van der Waals surface area contributed by atoms with Crippen LogP contribution in [0.1, 0.15) is 25.0 Å². The minimum Gasteiger partial charge on any atom is -0.487 e. The molecule has 0 fully saturated rings. The highest BCUT2D eigenvalue weighted by Gasteiger charge is 2.32. The zero-order chi connectivity index (χ0) is 17.0. The lowest BCUT2D eigenvalue weighted by atomic mass is 10.0. The highest BCUT2D eigenvalue weighted by molar-refractivity contribution is 5.50. The number of para-hydroxylation sites is 1. The maximum Gasteiger partial charge on any atom is 0.165 e. The normalized spacial score (nSPS) is 16.3. The minimum absolute atomic E-state index is 0.197. The first kappa shape index (κ1) is 16.8. The smallest absolute Gasteiger partial charge is 0.165 e. The first-order valence-electron chi connectivity index (χ1n) is 8.40. The van der Waals surface area contributed by atoms with Crippen LogP contribution >= 0.6 is 0 Å². The number of aliphatic hydroxyl groups is 1. The standard InChI is InChI=1S/C20H25NO3/c1-20(2)11-16-9-6-10-18(19(16)24-20)23-14-17(22)13-21-12-15-7-4-3-5-8-15/h3-10,17,21-22H,11-14H2,1-2H3/t17-/m0/s1. The van der Waals surface area contributed by atoms with Gasteiger partial charge in [0.15, 0.2) is 11.5 Å². The van der Waals surface area contributed by atoms with E-state index in [1.165, 1.54) is 5.56 Å². The number of nitrogens with one attached hydrogen (secondary N) is 1. The second-order valence-electron chi connectivity index (χ2n) is 6.86. The average Bonchev–Trinajstić information content (AvgIpc) is 2.88. The summed E-state index contributed by atoms with van der Waals surface area (Å²) in [6, 6.07) is 16.1. The van der Waals surface area contributed by atoms with E-state index in [1.54, 1.807) is 0 Å². The Morgan fingerprint density at radius 2 is 1.96 bits per heavy atom. The molecule has 3 rings (SSSR count). The molecule has 0 aromatic heterocycles. The summed E-state index contributed by atoms with van der Waals surface area (Å²) in [5.41, 5.74) is 2.16. The van der Waals surface area contributed by atoms with Crippen LogP contribution in [0.4, 0.5) is 0 Å². The maximum atomic E-state index is 10.1. The average molecular weight is 327 g/mol. The van der Waals surface area contributed by atoms with Crippen LogP contribution in [-0.2, 0) is 13.0 Å². The summed E-state index contributed by atoms with van der Waals surface area (Å²) < 4.78 is 11.8. The lowest BCUT2D eigenvalue weighted by Crippen LogP contribution is -2.31. The zero-order valence-electron chi connectivity index (χ0n) is 14.3. The van der Waals surface area contributed by atoms with Gasteiger partial charge in [-0.05, 0) is 25.5 Å². The first-order chi connectivity index (χ1) is 11.5. The quantitative estimate of drug-likeness (QED) is 0.821. The van der Waals surface area contributed by atoms with Gasteiger partial charge in [-0.25, -0.2) is 0 Å². The van der Waals surface area contributed by atoms with Gasteiger partial charge in [0.1, 0.15) is 18.3 Å². The van der Waals surface area contributed by atoms with Crippen LogP contribution < -0.4 is 14.8 Å². The van der Waals surface area contributed by atoms with E-state index in [9.17, 15) is 5.11 Å². The van der Waals surface area contributed by atoms with Crippen LogP contribution in [0, 0.1) is 0 Å². The molecule has 4 nitrogen and oxygen atoms in total. The molecule has 0 amide bonds. The third-order valence-electron chi connectivity index (χ3n) is 4.04. The monoisotopic (exact) mass is 327 g/mol. The molecule has 0 aliphatic carbocycles. The lowest BCUT2D eigenvalue weighted by Gasteiger charge is -2.19. The summed E-state index contributed by atoms with van der Waals surface area (Å²) in [4.78, 5) is 0. The number of hydrogen-bond acceptors (Lipinski definition) is 4. The van der Waals surface area contributed by atoms with Gasteiger partial charge >= 0.3 is 0 Å². The van der Waals surface area contributed by atoms with Crippen molar-refractivity contribution in [3.8, 4) is 11.5 Å². The number of hydrogen-bond donors (Lipinski definition) is 2. The van der Waals surface area contributed by atoms with Crippen molar-refractivity contribution in [2.75, 3.05) is 13.2 Å². The third kappa shape index (κ3) is 4.28. The largest absolute Gasteiger partial charge is 0.487 e. The number of rotatable bonds is 7. The van der Waals surface area contributed by atoms with Gasteiger partial charge in [0.2, 0.25) is 0 Å². The number of benzene rings is 2. The molecule has 4 heteroatoms. The van der Waals surface area contributed by atoms with E-state index in [0.29, 0.717) is 12.3 Å². The Morgan fingerprint density at radius 1 is 1.17 bits per heavy atom. The van der Waals surface area contributed by atoms with Gasteiger partial charge in [-0.15, -0.1) is 0 Å². The summed E-state index contributed by atoms with van der Waals surface area (Å²) in [5.74, 6) is 1.52. The molecule has 2 aromatic rings. The highest BCUT2D eigenvalue weighted by atomic mass is 16.5. The predicted octanol–water partition coefficient (Wildman–Crippen LogP) is 2.93. The summed E-state index contributed by atoms with van der Waals surface area (Å²) in [6.07, 6.45) is 0.305. The first-order valence-corrected chi connectivity index (χ1v) is 8.40. The van der Waals surface area contributed by atoms with Gasteiger partial charge in [0.25, 0.3) is 0 Å². The van der Waals surface area contributed by atoms with E-state index < -0.39 is 6.10 Å². The topological polar surface area (TPSA) is 50.7 Å². The van der Waals surface area contributed by atoms with Gasteiger partial charge < -0.3 is 19.9 Å². The fourth-order valence-electron chi connectivity index (χ4n) is 2.92. The van der Waals surface area contributed by atoms with Crippen molar-refractivity contribution in [3.63, 3.8) is 0 Å². The van der Waals surface area contributed by atoms with Crippen molar-refractivity contribution in [2.24, 2.45) is 0 Å². The second kappa shape index (κ2) is 7.24. The Morgan fingerprint density at radius 3 is 2.75 bits per heavy atom. The maximum absolute atomic E-state index is 10.1. The molecule has 0 unspecified atom stereocenters. The summed E-state index contributed by atoms with van der Waals surface area (Å²) >= 11 is 0. The molecule has 1 aliphatic rings. The van der Waals surface area contributed by atoms with E-state index in [0.717, 1.165) is 24.3 Å². The van der Waals surface area contributed by atoms with Crippen molar-refractivity contribution in [1.29, 1.82) is 0 Å². The Bertz CT molecular complexity index is 670. The van der Waals surface area contributed by atoms with E-state index >= 15 is 0 Å². The van der Waals surface area contributed by atoms with Crippen molar-refractivity contribution >= 4 is 0 Å². The van der Waals surface area contributed by atoms with Gasteiger partial charge in [-0.2, -0.15) is 0 Å². The lowest BCUT2D eigenvalue weighted by molar-refractivity contribution is 0.0971. The fraction of sp³-hybridized carbons (Fsp3) is 0.400. The molecule has 1 heterocycles. The molecule has 1 atom stereocenters. The van der Waals surface area contributed by atoms with E-state index in [2.05, 4.69) is 37.4 Å². The van der Waals surface area contributed by atoms with Crippen molar-refractivity contribution in [1.82, 2.24) is 5.32 Å². The van der Waals surface area contributed by atoms with Crippen LogP contribution in [0.15, 0.2) is 48.5 Å². The molecule has 128 valence electrons. The van der Waals surface area contributed by atoms with E-state index in [4.69, 9.17) is 9.47 Å².